The first-order valence-corrected chi connectivity index (χ1v) is 17.7. The highest BCUT2D eigenvalue weighted by Gasteiger charge is 2.27. The minimum Gasteiger partial charge on any atom is -0.489 e. The number of amides is 1. The van der Waals surface area contributed by atoms with E-state index in [2.05, 4.69) is 16.0 Å². The lowest BCUT2D eigenvalue weighted by atomic mass is 10.0. The Morgan fingerprint density at radius 3 is 2.35 bits per heavy atom. The summed E-state index contributed by atoms with van der Waals surface area (Å²) in [5.74, 6) is 0.136. The van der Waals surface area contributed by atoms with Crippen molar-refractivity contribution in [1.82, 2.24) is 13.9 Å². The average Bonchev–Trinajstić information content (AvgIpc) is 3.57. The predicted octanol–water partition coefficient (Wildman–Crippen LogP) is 4.68. The van der Waals surface area contributed by atoms with Crippen LogP contribution in [-0.4, -0.2) is 85.4 Å². The second-order valence-corrected chi connectivity index (χ2v) is 13.8. The van der Waals surface area contributed by atoms with Crippen molar-refractivity contribution >= 4 is 32.7 Å². The summed E-state index contributed by atoms with van der Waals surface area (Å²) in [7, 11) is -4.06. The first-order chi connectivity index (χ1) is 23.9. The number of benzene rings is 3. The number of anilines is 1. The van der Waals surface area contributed by atoms with Crippen molar-refractivity contribution in [3.8, 4) is 34.2 Å². The van der Waals surface area contributed by atoms with Gasteiger partial charge in [0.05, 0.1) is 29.4 Å². The number of rotatable bonds is 8. The summed E-state index contributed by atoms with van der Waals surface area (Å²) in [6.07, 6.45) is 2.58. The molecule has 2 saturated heterocycles. The largest absolute Gasteiger partial charge is 0.489 e. The highest BCUT2D eigenvalue weighted by molar-refractivity contribution is 7.90. The molecule has 7 rings (SSSR count). The highest BCUT2D eigenvalue weighted by atomic mass is 32.2. The molecular formula is C37H35N5O6S. The predicted molar refractivity (Wildman–Crippen MR) is 185 cm³/mol. The van der Waals surface area contributed by atoms with Crippen LogP contribution in [0.3, 0.4) is 0 Å². The summed E-state index contributed by atoms with van der Waals surface area (Å²) < 4.78 is 41.6. The zero-order chi connectivity index (χ0) is 34.0. The van der Waals surface area contributed by atoms with Crippen LogP contribution in [0, 0.1) is 11.3 Å². The first-order valence-electron chi connectivity index (χ1n) is 16.2. The molecule has 0 atom stereocenters. The number of aliphatic hydroxyl groups excluding tert-OH is 1. The number of hydrogen-bond acceptors (Lipinski definition) is 9. The van der Waals surface area contributed by atoms with Gasteiger partial charge >= 0.3 is 0 Å². The number of aromatic nitrogens is 2. The molecule has 250 valence electrons. The number of carbonyl (C=O) groups is 1. The molecule has 0 radical (unpaired) electrons. The van der Waals surface area contributed by atoms with Gasteiger partial charge in [-0.2, -0.15) is 5.26 Å². The van der Waals surface area contributed by atoms with Gasteiger partial charge in [0.15, 0.2) is 5.65 Å². The van der Waals surface area contributed by atoms with Gasteiger partial charge in [0, 0.05) is 56.3 Å². The van der Waals surface area contributed by atoms with Gasteiger partial charge in [0.1, 0.15) is 24.5 Å². The maximum Gasteiger partial charge on any atom is 0.269 e. The van der Waals surface area contributed by atoms with E-state index in [0.717, 1.165) is 24.3 Å². The molecule has 12 heteroatoms. The van der Waals surface area contributed by atoms with E-state index < -0.39 is 16.6 Å². The van der Waals surface area contributed by atoms with E-state index in [1.807, 2.05) is 42.5 Å². The van der Waals surface area contributed by atoms with Crippen molar-refractivity contribution < 1.29 is 27.8 Å². The lowest BCUT2D eigenvalue weighted by Gasteiger charge is -2.32. The summed E-state index contributed by atoms with van der Waals surface area (Å²) >= 11 is 0. The first kappa shape index (κ1) is 32.3. The highest BCUT2D eigenvalue weighted by Crippen LogP contribution is 2.38. The molecule has 0 unspecified atom stereocenters. The Balaban J connectivity index is 1.28. The number of nitrogens with zero attached hydrogens (tertiary/aromatic N) is 5. The third-order valence-corrected chi connectivity index (χ3v) is 10.8. The van der Waals surface area contributed by atoms with Crippen molar-refractivity contribution in [3.05, 3.63) is 96.7 Å². The summed E-state index contributed by atoms with van der Waals surface area (Å²) in [6.45, 7) is 3.32. The second-order valence-electron chi connectivity index (χ2n) is 12.0. The van der Waals surface area contributed by atoms with Crippen molar-refractivity contribution in [1.29, 1.82) is 5.26 Å². The molecule has 11 nitrogen and oxygen atoms in total. The maximum absolute atomic E-state index is 14.3. The number of hydrogen-bond donors (Lipinski definition) is 1. The Labute approximate surface area is 284 Å². The molecule has 49 heavy (non-hydrogen) atoms. The lowest BCUT2D eigenvalue weighted by molar-refractivity contribution is -0.135. The van der Waals surface area contributed by atoms with E-state index in [1.165, 1.54) is 3.97 Å². The van der Waals surface area contributed by atoms with Crippen LogP contribution in [0.25, 0.3) is 33.4 Å². The Bertz CT molecular complexity index is 2130. The van der Waals surface area contributed by atoms with Crippen molar-refractivity contribution in [2.75, 3.05) is 50.9 Å². The fraction of sp³-hybridized carbons (Fsp3) is 0.270. The van der Waals surface area contributed by atoms with Crippen LogP contribution >= 0.6 is 0 Å². The third-order valence-electron chi connectivity index (χ3n) is 9.12. The molecule has 1 N–H and O–H groups in total. The van der Waals surface area contributed by atoms with Crippen LogP contribution in [0.5, 0.6) is 5.75 Å². The van der Waals surface area contributed by atoms with Gasteiger partial charge in [-0.05, 0) is 65.2 Å². The second kappa shape index (κ2) is 13.7. The number of fused-ring (bicyclic) bond motifs is 1. The van der Waals surface area contributed by atoms with Gasteiger partial charge in [-0.25, -0.2) is 17.4 Å². The van der Waals surface area contributed by atoms with Gasteiger partial charge in [-0.1, -0.05) is 36.4 Å². The van der Waals surface area contributed by atoms with Gasteiger partial charge < -0.3 is 24.4 Å². The van der Waals surface area contributed by atoms with Gasteiger partial charge in [-0.15, -0.1) is 0 Å². The van der Waals surface area contributed by atoms with E-state index >= 15 is 0 Å². The number of nitriles is 1. The number of aliphatic hydroxyl groups is 1. The van der Waals surface area contributed by atoms with Crippen LogP contribution in [0.15, 0.2) is 96.0 Å². The van der Waals surface area contributed by atoms with Crippen LogP contribution in [0.4, 0.5) is 5.69 Å². The van der Waals surface area contributed by atoms with Gasteiger partial charge in [0.2, 0.25) is 5.91 Å². The normalized spacial score (nSPS) is 15.7. The SMILES string of the molecule is N#Cc1cc(-c2ccnc3c2cc(-c2ccc(N4CCOCC4)cc2)n3S(=O)(=O)c2ccccc2)ccc1OC1CCN(C(=O)CO)CC1. The van der Waals surface area contributed by atoms with Crippen molar-refractivity contribution in [2.24, 2.45) is 0 Å². The molecule has 0 bridgehead atoms. The van der Waals surface area contributed by atoms with Crippen LogP contribution in [0.2, 0.25) is 0 Å². The van der Waals surface area contributed by atoms with Crippen LogP contribution in [0.1, 0.15) is 18.4 Å². The Kier molecular flexibility index (Phi) is 9.05. The van der Waals surface area contributed by atoms with Crippen LogP contribution in [-0.2, 0) is 19.6 Å². The number of likely N-dealkylation sites (tertiary alicyclic amines) is 1. The monoisotopic (exact) mass is 677 g/mol. The maximum atomic E-state index is 14.3. The van der Waals surface area contributed by atoms with Crippen molar-refractivity contribution in [2.45, 2.75) is 23.8 Å². The molecule has 5 aromatic rings. The Morgan fingerprint density at radius 1 is 0.939 bits per heavy atom. The zero-order valence-electron chi connectivity index (χ0n) is 26.7. The fourth-order valence-electron chi connectivity index (χ4n) is 6.52. The summed E-state index contributed by atoms with van der Waals surface area (Å²) in [5, 5.41) is 19.9. The number of ether oxygens (including phenoxy) is 2. The molecule has 0 saturated carbocycles. The molecule has 2 aromatic heterocycles. The minimum absolute atomic E-state index is 0.144. The van der Waals surface area contributed by atoms with Gasteiger partial charge in [0.25, 0.3) is 10.0 Å². The number of carbonyl (C=O) groups excluding carboxylic acids is 1. The number of pyridine rings is 1. The van der Waals surface area contributed by atoms with Crippen molar-refractivity contribution in [3.63, 3.8) is 0 Å². The van der Waals surface area contributed by atoms with E-state index in [4.69, 9.17) is 14.6 Å². The minimum atomic E-state index is -4.06. The molecule has 1 amide bonds. The van der Waals surface area contributed by atoms with E-state index in [1.54, 1.807) is 53.6 Å². The molecule has 0 aliphatic carbocycles. The molecule has 2 aliphatic heterocycles. The molecule has 4 heterocycles. The Morgan fingerprint density at radius 2 is 1.65 bits per heavy atom. The molecule has 2 aliphatic rings. The molecule has 3 aromatic carbocycles. The fourth-order valence-corrected chi connectivity index (χ4v) is 8.03. The standard InChI is InChI=1S/C37H35N5O6S/c38-24-28-22-27(8-11-35(28)48-30-13-16-41(17-14-30)36(44)25-43)32-12-15-39-37-33(32)23-34(42(37)49(45,46)31-4-2-1-3-5-31)26-6-9-29(10-7-26)40-18-20-47-21-19-40/h1-12,15,22-23,30,43H,13-14,16-21,25H2. The number of morpholine rings is 1. The molecule has 2 fully saturated rings. The third kappa shape index (κ3) is 6.36. The molecule has 0 spiro atoms. The quantitative estimate of drug-likeness (QED) is 0.248. The summed E-state index contributed by atoms with van der Waals surface area (Å²) in [5.41, 5.74) is 4.27. The van der Waals surface area contributed by atoms with E-state index in [0.29, 0.717) is 72.7 Å². The lowest BCUT2D eigenvalue weighted by Crippen LogP contribution is -2.42. The molecular weight excluding hydrogens is 643 g/mol. The Hall–Kier alpha value is -5.22. The topological polar surface area (TPSA) is 138 Å². The summed E-state index contributed by atoms with van der Waals surface area (Å²) in [6, 6.07) is 27.4. The zero-order valence-corrected chi connectivity index (χ0v) is 27.6. The van der Waals surface area contributed by atoms with E-state index in [9.17, 15) is 18.5 Å². The smallest absolute Gasteiger partial charge is 0.269 e. The summed E-state index contributed by atoms with van der Waals surface area (Å²) in [4.78, 5) is 20.4. The van der Waals surface area contributed by atoms with Gasteiger partial charge in [-0.3, -0.25) is 4.79 Å². The van der Waals surface area contributed by atoms with E-state index in [-0.39, 0.29) is 22.6 Å². The van der Waals surface area contributed by atoms with Crippen LogP contribution < -0.4 is 9.64 Å². The average molecular weight is 678 g/mol. The number of piperidine rings is 1.